The van der Waals surface area contributed by atoms with Gasteiger partial charge in [0, 0.05) is 23.8 Å². The third-order valence-electron chi connectivity index (χ3n) is 3.09. The molecule has 5 heteroatoms. The van der Waals surface area contributed by atoms with E-state index in [1.54, 1.807) is 18.0 Å². The van der Waals surface area contributed by atoms with Gasteiger partial charge in [-0.25, -0.2) is 4.99 Å². The number of nitrogens with one attached hydrogen (secondary N) is 3. The number of fused-ring (bicyclic) bond motifs is 1. The van der Waals surface area contributed by atoms with Crippen molar-refractivity contribution in [2.24, 2.45) is 10.9 Å². The van der Waals surface area contributed by atoms with Crippen LogP contribution in [0.15, 0.2) is 65.7 Å². The van der Waals surface area contributed by atoms with E-state index in [4.69, 9.17) is 0 Å². The minimum atomic E-state index is 0.176. The Morgan fingerprint density at radius 3 is 3.37 bits per heavy atom. The first-order valence-electron chi connectivity index (χ1n) is 6.22. The molecule has 0 radical (unpaired) electrons. The zero-order valence-corrected chi connectivity index (χ0v) is 11.3. The Morgan fingerprint density at radius 1 is 1.53 bits per heavy atom. The summed E-state index contributed by atoms with van der Waals surface area (Å²) in [6.07, 6.45) is 14.1. The van der Waals surface area contributed by atoms with Crippen molar-refractivity contribution in [2.75, 3.05) is 5.75 Å². The lowest BCUT2D eigenvalue weighted by atomic mass is 10.0. The molecule has 0 spiro atoms. The Morgan fingerprint density at radius 2 is 2.47 bits per heavy atom. The van der Waals surface area contributed by atoms with Crippen molar-refractivity contribution in [3.8, 4) is 0 Å². The van der Waals surface area contributed by atoms with Gasteiger partial charge in [0.25, 0.3) is 0 Å². The molecule has 0 saturated heterocycles. The van der Waals surface area contributed by atoms with Gasteiger partial charge in [0.05, 0.1) is 5.92 Å². The van der Waals surface area contributed by atoms with E-state index in [9.17, 15) is 0 Å². The van der Waals surface area contributed by atoms with Crippen LogP contribution >= 0.6 is 11.8 Å². The smallest absolute Gasteiger partial charge is 0.145 e. The second-order valence-electron chi connectivity index (χ2n) is 4.33. The summed E-state index contributed by atoms with van der Waals surface area (Å²) in [5.74, 6) is 2.21. The molecular weight excluding hydrogens is 256 g/mol. The molecule has 3 rings (SSSR count). The number of allylic oxidation sites excluding steroid dienone is 1. The van der Waals surface area contributed by atoms with Crippen LogP contribution in [0, 0.1) is 5.92 Å². The van der Waals surface area contributed by atoms with Crippen molar-refractivity contribution in [1.29, 1.82) is 0 Å². The molecule has 2 atom stereocenters. The molecule has 0 saturated carbocycles. The summed E-state index contributed by atoms with van der Waals surface area (Å²) in [5.41, 5.74) is 2.51. The van der Waals surface area contributed by atoms with E-state index in [1.165, 1.54) is 5.57 Å². The Kier molecular flexibility index (Phi) is 3.46. The van der Waals surface area contributed by atoms with E-state index in [1.807, 2.05) is 12.4 Å². The molecular formula is C14H16N4S. The van der Waals surface area contributed by atoms with E-state index in [-0.39, 0.29) is 11.4 Å². The number of hydrogen-bond donors (Lipinski definition) is 3. The molecule has 0 bridgehead atoms. The van der Waals surface area contributed by atoms with Crippen LogP contribution in [0.5, 0.6) is 0 Å². The lowest BCUT2D eigenvalue weighted by Crippen LogP contribution is -2.38. The van der Waals surface area contributed by atoms with E-state index in [0.717, 1.165) is 17.3 Å². The Bertz CT molecular complexity index is 528. The summed E-state index contributed by atoms with van der Waals surface area (Å²) in [6.45, 7) is 3.70. The van der Waals surface area contributed by atoms with Crippen molar-refractivity contribution in [1.82, 2.24) is 16.0 Å². The SMILES string of the molecule is C=CNC1NC(C2=CC3C=CN=C3NC=C2)=CCS1. The molecule has 4 nitrogen and oxygen atoms in total. The van der Waals surface area contributed by atoms with E-state index >= 15 is 0 Å². The van der Waals surface area contributed by atoms with Crippen LogP contribution in [0.2, 0.25) is 0 Å². The Balaban J connectivity index is 1.81. The topological polar surface area (TPSA) is 48.5 Å². The van der Waals surface area contributed by atoms with Gasteiger partial charge < -0.3 is 16.0 Å². The highest BCUT2D eigenvalue weighted by atomic mass is 32.2. The second kappa shape index (κ2) is 5.40. The third kappa shape index (κ3) is 2.61. The molecule has 3 heterocycles. The summed E-state index contributed by atoms with van der Waals surface area (Å²) in [4.78, 5) is 4.30. The van der Waals surface area contributed by atoms with E-state index in [2.05, 4.69) is 51.8 Å². The summed E-state index contributed by atoms with van der Waals surface area (Å²) in [5, 5.41) is 9.86. The highest BCUT2D eigenvalue weighted by molar-refractivity contribution is 8.00. The molecule has 0 fully saturated rings. The fourth-order valence-electron chi connectivity index (χ4n) is 2.17. The maximum absolute atomic E-state index is 4.30. The number of thioether (sulfide) groups is 1. The van der Waals surface area contributed by atoms with Gasteiger partial charge in [-0.2, -0.15) is 0 Å². The third-order valence-corrected chi connectivity index (χ3v) is 4.04. The van der Waals surface area contributed by atoms with Crippen molar-refractivity contribution in [3.05, 3.63) is 60.8 Å². The van der Waals surface area contributed by atoms with Gasteiger partial charge in [-0.1, -0.05) is 24.8 Å². The Labute approximate surface area is 117 Å². The summed E-state index contributed by atoms with van der Waals surface area (Å²) >= 11 is 1.81. The number of nitrogens with zero attached hydrogens (tertiary/aromatic N) is 1. The van der Waals surface area contributed by atoms with Gasteiger partial charge in [-0.3, -0.25) is 0 Å². The zero-order valence-electron chi connectivity index (χ0n) is 10.5. The van der Waals surface area contributed by atoms with Crippen LogP contribution in [0.1, 0.15) is 0 Å². The molecule has 2 unspecified atom stereocenters. The summed E-state index contributed by atoms with van der Waals surface area (Å²) < 4.78 is 0. The molecule has 0 aromatic heterocycles. The lowest BCUT2D eigenvalue weighted by molar-refractivity contribution is 0.683. The lowest BCUT2D eigenvalue weighted by Gasteiger charge is -2.26. The largest absolute Gasteiger partial charge is 0.364 e. The average Bonchev–Trinajstić information content (AvgIpc) is 2.77. The minimum absolute atomic E-state index is 0.176. The van der Waals surface area contributed by atoms with E-state index < -0.39 is 0 Å². The summed E-state index contributed by atoms with van der Waals surface area (Å²) in [7, 11) is 0. The second-order valence-corrected chi connectivity index (χ2v) is 5.47. The molecule has 0 aromatic rings. The van der Waals surface area contributed by atoms with Crippen LogP contribution < -0.4 is 16.0 Å². The number of amidine groups is 1. The zero-order chi connectivity index (χ0) is 13.1. The first-order chi connectivity index (χ1) is 9.36. The monoisotopic (exact) mass is 272 g/mol. The van der Waals surface area contributed by atoms with Crippen LogP contribution in [-0.4, -0.2) is 17.1 Å². The standard InChI is InChI=1S/C14H16N4S/c1-2-15-14-18-12(5-8-19-14)10-3-6-16-13-11(9-10)4-7-17-13/h2-7,9,11,14-15,18H,1,8H2,(H,16,17). The molecule has 3 N–H and O–H groups in total. The van der Waals surface area contributed by atoms with Crippen molar-refractivity contribution in [2.45, 2.75) is 5.50 Å². The predicted octanol–water partition coefficient (Wildman–Crippen LogP) is 1.81. The van der Waals surface area contributed by atoms with Crippen molar-refractivity contribution < 1.29 is 0 Å². The van der Waals surface area contributed by atoms with Gasteiger partial charge in [-0.15, -0.1) is 11.8 Å². The molecule has 3 aliphatic rings. The quantitative estimate of drug-likeness (QED) is 0.733. The number of rotatable bonds is 3. The van der Waals surface area contributed by atoms with Gasteiger partial charge in [-0.05, 0) is 17.8 Å². The maximum atomic E-state index is 4.30. The van der Waals surface area contributed by atoms with Gasteiger partial charge >= 0.3 is 0 Å². The van der Waals surface area contributed by atoms with Crippen molar-refractivity contribution >= 4 is 17.6 Å². The normalized spacial score (nSPS) is 28.1. The summed E-state index contributed by atoms with van der Waals surface area (Å²) in [6, 6.07) is 0. The van der Waals surface area contributed by atoms with Crippen LogP contribution in [0.25, 0.3) is 0 Å². The molecule has 0 aliphatic carbocycles. The predicted molar refractivity (Wildman–Crippen MR) is 81.2 cm³/mol. The first-order valence-corrected chi connectivity index (χ1v) is 7.26. The Hall–Kier alpha value is -1.88. The fraction of sp³-hybridized carbons (Fsp3) is 0.214. The van der Waals surface area contributed by atoms with Gasteiger partial charge in [0.1, 0.15) is 11.3 Å². The van der Waals surface area contributed by atoms with Crippen LogP contribution in [-0.2, 0) is 0 Å². The average molecular weight is 272 g/mol. The minimum Gasteiger partial charge on any atom is -0.364 e. The highest BCUT2D eigenvalue weighted by Crippen LogP contribution is 2.24. The number of hydrogen-bond acceptors (Lipinski definition) is 5. The van der Waals surface area contributed by atoms with Crippen LogP contribution in [0.4, 0.5) is 0 Å². The maximum Gasteiger partial charge on any atom is 0.145 e. The fourth-order valence-corrected chi connectivity index (χ4v) is 3.03. The molecule has 0 amide bonds. The molecule has 3 aliphatic heterocycles. The van der Waals surface area contributed by atoms with E-state index in [0.29, 0.717) is 0 Å². The molecule has 19 heavy (non-hydrogen) atoms. The van der Waals surface area contributed by atoms with Gasteiger partial charge in [0.15, 0.2) is 0 Å². The molecule has 0 aromatic carbocycles. The van der Waals surface area contributed by atoms with Crippen LogP contribution in [0.3, 0.4) is 0 Å². The highest BCUT2D eigenvalue weighted by Gasteiger charge is 2.20. The number of aliphatic imine (C=N–C) groups is 1. The van der Waals surface area contributed by atoms with Gasteiger partial charge in [0.2, 0.25) is 0 Å². The first kappa shape index (κ1) is 12.2. The molecule has 98 valence electrons. The van der Waals surface area contributed by atoms with Crippen molar-refractivity contribution in [3.63, 3.8) is 0 Å².